The number of carbonyl (C=O) groups excluding carboxylic acids is 2. The second-order valence-electron chi connectivity index (χ2n) is 6.78. The fraction of sp³-hybridized carbons (Fsp3) is 0.174. The van der Waals surface area contributed by atoms with Gasteiger partial charge in [-0.25, -0.2) is 0 Å². The van der Waals surface area contributed by atoms with Gasteiger partial charge in [-0.3, -0.25) is 14.9 Å². The van der Waals surface area contributed by atoms with Gasteiger partial charge in [0.15, 0.2) is 10.9 Å². The smallest absolute Gasteiger partial charge is 0.291 e. The SMILES string of the molecule is CC[C@H](C)Oc1ccc(C(=O)NC(=S)Nc2ccc(NC(=O)c3ccco3)cc2)cc1. The summed E-state index contributed by atoms with van der Waals surface area (Å²) in [6.45, 7) is 4.04. The van der Waals surface area contributed by atoms with Gasteiger partial charge in [0.25, 0.3) is 11.8 Å². The molecular formula is C23H23N3O4S. The number of hydrogen-bond donors (Lipinski definition) is 3. The lowest BCUT2D eigenvalue weighted by atomic mass is 10.2. The lowest BCUT2D eigenvalue weighted by Crippen LogP contribution is -2.34. The van der Waals surface area contributed by atoms with Crippen molar-refractivity contribution in [1.82, 2.24) is 5.32 Å². The maximum absolute atomic E-state index is 12.4. The molecule has 160 valence electrons. The molecule has 2 aromatic carbocycles. The largest absolute Gasteiger partial charge is 0.491 e. The van der Waals surface area contributed by atoms with E-state index in [2.05, 4.69) is 16.0 Å². The van der Waals surface area contributed by atoms with Crippen LogP contribution in [0.5, 0.6) is 5.75 Å². The van der Waals surface area contributed by atoms with Crippen LogP contribution in [-0.2, 0) is 0 Å². The summed E-state index contributed by atoms with van der Waals surface area (Å²) in [7, 11) is 0. The summed E-state index contributed by atoms with van der Waals surface area (Å²) in [4.78, 5) is 24.4. The summed E-state index contributed by atoms with van der Waals surface area (Å²) in [6.07, 6.45) is 2.45. The van der Waals surface area contributed by atoms with Crippen LogP contribution in [0.15, 0.2) is 71.3 Å². The van der Waals surface area contributed by atoms with Gasteiger partial charge < -0.3 is 19.8 Å². The van der Waals surface area contributed by atoms with Gasteiger partial charge >= 0.3 is 0 Å². The number of thiocarbonyl (C=S) groups is 1. The Bertz CT molecular complexity index is 1030. The summed E-state index contributed by atoms with van der Waals surface area (Å²) >= 11 is 5.22. The Morgan fingerprint density at radius 2 is 1.61 bits per heavy atom. The number of amides is 2. The molecule has 0 radical (unpaired) electrons. The van der Waals surface area contributed by atoms with Gasteiger partial charge in [0, 0.05) is 16.9 Å². The molecular weight excluding hydrogens is 414 g/mol. The van der Waals surface area contributed by atoms with Crippen molar-refractivity contribution in [1.29, 1.82) is 0 Å². The van der Waals surface area contributed by atoms with Crippen LogP contribution in [0, 0.1) is 0 Å². The minimum absolute atomic E-state index is 0.112. The predicted octanol–water partition coefficient (Wildman–Crippen LogP) is 4.84. The first-order valence-electron chi connectivity index (χ1n) is 9.78. The number of furan rings is 1. The van der Waals surface area contributed by atoms with E-state index >= 15 is 0 Å². The molecule has 3 rings (SSSR count). The molecule has 0 fully saturated rings. The number of hydrogen-bond acceptors (Lipinski definition) is 5. The standard InChI is InChI=1S/C23H23N3O4S/c1-3-15(2)30-19-12-6-16(7-13-19)21(27)26-23(31)25-18-10-8-17(9-11-18)24-22(28)20-5-4-14-29-20/h4-15H,3H2,1-2H3,(H,24,28)(H2,25,26,27,31)/t15-/m0/s1. The average Bonchev–Trinajstić information content (AvgIpc) is 3.30. The van der Waals surface area contributed by atoms with Crippen molar-refractivity contribution < 1.29 is 18.7 Å². The predicted molar refractivity (Wildman–Crippen MR) is 124 cm³/mol. The molecule has 0 unspecified atom stereocenters. The van der Waals surface area contributed by atoms with Crippen molar-refractivity contribution >= 4 is 40.5 Å². The van der Waals surface area contributed by atoms with Crippen LogP contribution in [0.1, 0.15) is 41.2 Å². The van der Waals surface area contributed by atoms with Gasteiger partial charge in [0.05, 0.1) is 12.4 Å². The van der Waals surface area contributed by atoms with Crippen LogP contribution in [0.4, 0.5) is 11.4 Å². The van der Waals surface area contributed by atoms with Crippen LogP contribution in [-0.4, -0.2) is 23.0 Å². The molecule has 1 aromatic heterocycles. The Balaban J connectivity index is 1.50. The van der Waals surface area contributed by atoms with Crippen molar-refractivity contribution in [2.24, 2.45) is 0 Å². The van der Waals surface area contributed by atoms with Gasteiger partial charge in [0.1, 0.15) is 5.75 Å². The molecule has 1 heterocycles. The molecule has 31 heavy (non-hydrogen) atoms. The third-order valence-electron chi connectivity index (χ3n) is 4.40. The fourth-order valence-corrected chi connectivity index (χ4v) is 2.79. The van der Waals surface area contributed by atoms with E-state index in [0.29, 0.717) is 22.7 Å². The zero-order chi connectivity index (χ0) is 22.2. The molecule has 0 spiro atoms. The number of rotatable bonds is 7. The quantitative estimate of drug-likeness (QED) is 0.458. The number of carbonyl (C=O) groups is 2. The number of ether oxygens (including phenoxy) is 1. The number of anilines is 2. The third-order valence-corrected chi connectivity index (χ3v) is 4.61. The molecule has 1 atom stereocenters. The first kappa shape index (κ1) is 22.0. The normalized spacial score (nSPS) is 11.3. The average molecular weight is 438 g/mol. The van der Waals surface area contributed by atoms with E-state index in [-0.39, 0.29) is 28.8 Å². The highest BCUT2D eigenvalue weighted by molar-refractivity contribution is 7.80. The van der Waals surface area contributed by atoms with E-state index in [9.17, 15) is 9.59 Å². The van der Waals surface area contributed by atoms with Crippen molar-refractivity contribution in [3.63, 3.8) is 0 Å². The lowest BCUT2D eigenvalue weighted by molar-refractivity contribution is 0.0975. The Kier molecular flexibility index (Phi) is 7.40. The van der Waals surface area contributed by atoms with Crippen LogP contribution < -0.4 is 20.7 Å². The summed E-state index contributed by atoms with van der Waals surface area (Å²) in [5.41, 5.74) is 1.73. The maximum Gasteiger partial charge on any atom is 0.291 e. The number of nitrogens with one attached hydrogen (secondary N) is 3. The van der Waals surface area contributed by atoms with E-state index in [1.807, 2.05) is 13.8 Å². The molecule has 7 nitrogen and oxygen atoms in total. The minimum Gasteiger partial charge on any atom is -0.491 e. The van der Waals surface area contributed by atoms with E-state index in [4.69, 9.17) is 21.4 Å². The minimum atomic E-state index is -0.339. The van der Waals surface area contributed by atoms with E-state index in [0.717, 1.165) is 6.42 Å². The molecule has 3 aromatic rings. The molecule has 0 aliphatic heterocycles. The van der Waals surface area contributed by atoms with E-state index < -0.39 is 0 Å². The Morgan fingerprint density at radius 3 is 2.19 bits per heavy atom. The maximum atomic E-state index is 12.4. The summed E-state index contributed by atoms with van der Waals surface area (Å²) in [5, 5.41) is 8.47. The van der Waals surface area contributed by atoms with Gasteiger partial charge in [-0.1, -0.05) is 6.92 Å². The molecule has 0 saturated carbocycles. The van der Waals surface area contributed by atoms with Crippen LogP contribution in [0.2, 0.25) is 0 Å². The summed E-state index contributed by atoms with van der Waals surface area (Å²) in [5.74, 6) is 0.278. The molecule has 0 aliphatic carbocycles. The van der Waals surface area contributed by atoms with Gasteiger partial charge in [-0.2, -0.15) is 0 Å². The lowest BCUT2D eigenvalue weighted by Gasteiger charge is -2.13. The molecule has 0 saturated heterocycles. The summed E-state index contributed by atoms with van der Waals surface area (Å²) in [6, 6.07) is 17.0. The van der Waals surface area contributed by atoms with Gasteiger partial charge in [0.2, 0.25) is 0 Å². The van der Waals surface area contributed by atoms with Crippen molar-refractivity contribution in [2.45, 2.75) is 26.4 Å². The van der Waals surface area contributed by atoms with Gasteiger partial charge in [-0.15, -0.1) is 0 Å². The van der Waals surface area contributed by atoms with E-state index in [1.165, 1.54) is 6.26 Å². The molecule has 8 heteroatoms. The van der Waals surface area contributed by atoms with Crippen molar-refractivity contribution in [3.8, 4) is 5.75 Å². The molecule has 3 N–H and O–H groups in total. The molecule has 2 amide bonds. The summed E-state index contributed by atoms with van der Waals surface area (Å²) < 4.78 is 10.8. The van der Waals surface area contributed by atoms with Crippen molar-refractivity contribution in [3.05, 3.63) is 78.3 Å². The first-order chi connectivity index (χ1) is 14.9. The Labute approximate surface area is 185 Å². The highest BCUT2D eigenvalue weighted by atomic mass is 32.1. The highest BCUT2D eigenvalue weighted by Crippen LogP contribution is 2.16. The molecule has 0 aliphatic rings. The van der Waals surface area contributed by atoms with Crippen molar-refractivity contribution in [2.75, 3.05) is 10.6 Å². The zero-order valence-corrected chi connectivity index (χ0v) is 18.0. The van der Waals surface area contributed by atoms with Crippen LogP contribution >= 0.6 is 12.2 Å². The second-order valence-corrected chi connectivity index (χ2v) is 7.19. The van der Waals surface area contributed by atoms with Crippen LogP contribution in [0.3, 0.4) is 0 Å². The Hall–Kier alpha value is -3.65. The second kappa shape index (κ2) is 10.4. The highest BCUT2D eigenvalue weighted by Gasteiger charge is 2.10. The fourth-order valence-electron chi connectivity index (χ4n) is 2.58. The first-order valence-corrected chi connectivity index (χ1v) is 10.2. The topological polar surface area (TPSA) is 92.6 Å². The van der Waals surface area contributed by atoms with E-state index in [1.54, 1.807) is 60.7 Å². The third kappa shape index (κ3) is 6.42. The molecule has 0 bridgehead atoms. The zero-order valence-electron chi connectivity index (χ0n) is 17.2. The monoisotopic (exact) mass is 437 g/mol. The van der Waals surface area contributed by atoms with Gasteiger partial charge in [-0.05, 0) is 86.2 Å². The Morgan fingerprint density at radius 1 is 0.968 bits per heavy atom. The van der Waals surface area contributed by atoms with Crippen LogP contribution in [0.25, 0.3) is 0 Å². The number of benzene rings is 2.